The predicted molar refractivity (Wildman–Crippen MR) is 63.2 cm³/mol. The van der Waals surface area contributed by atoms with Gasteiger partial charge in [-0.3, -0.25) is 14.4 Å². The first-order valence-electron chi connectivity index (χ1n) is 6.07. The first kappa shape index (κ1) is 16.4. The number of hydrogen-bond donors (Lipinski definition) is 1. The SMILES string of the molecule is CC(=O)O[C@@H]1[C@@H](OC(C)=O)[C@H](OC(C)=O)C(O)O[C@H]1C. The molecule has 0 bridgehead atoms. The molecule has 1 rings (SSSR count). The standard InChI is InChI=1S/C12H18O8/c1-5-9(18-6(2)13)10(19-7(3)14)11(12(16)17-5)20-8(4)15/h5,9-12,16H,1-4H3/t5-,9-,10+,11-,12?/m0/s1. The highest BCUT2D eigenvalue weighted by Crippen LogP contribution is 2.27. The lowest BCUT2D eigenvalue weighted by molar-refractivity contribution is -0.288. The molecule has 0 saturated carbocycles. The number of aliphatic hydroxyl groups is 1. The maximum Gasteiger partial charge on any atom is 0.303 e. The Labute approximate surface area is 115 Å². The Bertz CT molecular complexity index is 365. The summed E-state index contributed by atoms with van der Waals surface area (Å²) in [5, 5.41) is 9.79. The van der Waals surface area contributed by atoms with Crippen LogP contribution in [0.25, 0.3) is 0 Å². The summed E-state index contributed by atoms with van der Waals surface area (Å²) in [6.45, 7) is 5.01. The molecule has 0 aromatic rings. The fourth-order valence-electron chi connectivity index (χ4n) is 1.99. The number of ether oxygens (including phenoxy) is 4. The van der Waals surface area contributed by atoms with E-state index >= 15 is 0 Å². The minimum absolute atomic E-state index is 0.611. The minimum atomic E-state index is -1.48. The van der Waals surface area contributed by atoms with E-state index < -0.39 is 48.6 Å². The lowest BCUT2D eigenvalue weighted by atomic mass is 9.99. The highest BCUT2D eigenvalue weighted by molar-refractivity contribution is 5.68. The Morgan fingerprint density at radius 1 is 0.850 bits per heavy atom. The second-order valence-electron chi connectivity index (χ2n) is 4.45. The van der Waals surface area contributed by atoms with Crippen molar-refractivity contribution in [2.24, 2.45) is 0 Å². The maximum absolute atomic E-state index is 11.2. The minimum Gasteiger partial charge on any atom is -0.456 e. The van der Waals surface area contributed by atoms with Gasteiger partial charge in [-0.25, -0.2) is 0 Å². The summed E-state index contributed by atoms with van der Waals surface area (Å²) in [5.41, 5.74) is 0. The van der Waals surface area contributed by atoms with Gasteiger partial charge < -0.3 is 24.1 Å². The molecule has 0 amide bonds. The third kappa shape index (κ3) is 4.17. The molecule has 5 atom stereocenters. The largest absolute Gasteiger partial charge is 0.456 e. The molecular formula is C12H18O8. The summed E-state index contributed by atoms with van der Waals surface area (Å²) < 4.78 is 20.1. The van der Waals surface area contributed by atoms with E-state index in [-0.39, 0.29) is 0 Å². The predicted octanol–water partition coefficient (Wildman–Crippen LogP) is -0.481. The number of esters is 3. The van der Waals surface area contributed by atoms with Crippen LogP contribution in [0.4, 0.5) is 0 Å². The molecular weight excluding hydrogens is 272 g/mol. The average Bonchev–Trinajstić information content (AvgIpc) is 2.27. The van der Waals surface area contributed by atoms with Crippen molar-refractivity contribution in [2.75, 3.05) is 0 Å². The van der Waals surface area contributed by atoms with Crippen LogP contribution in [0.15, 0.2) is 0 Å². The van der Waals surface area contributed by atoms with Crippen molar-refractivity contribution in [3.05, 3.63) is 0 Å². The van der Waals surface area contributed by atoms with Crippen molar-refractivity contribution in [1.29, 1.82) is 0 Å². The Hall–Kier alpha value is -1.67. The molecule has 8 nitrogen and oxygen atoms in total. The van der Waals surface area contributed by atoms with E-state index in [1.54, 1.807) is 0 Å². The molecule has 0 radical (unpaired) electrons. The highest BCUT2D eigenvalue weighted by atomic mass is 16.7. The van der Waals surface area contributed by atoms with E-state index in [4.69, 9.17) is 18.9 Å². The van der Waals surface area contributed by atoms with Crippen molar-refractivity contribution in [1.82, 2.24) is 0 Å². The molecule has 0 spiro atoms. The number of carbonyl (C=O) groups excluding carboxylic acids is 3. The van der Waals surface area contributed by atoms with Gasteiger partial charge in [0.2, 0.25) is 0 Å². The summed E-state index contributed by atoms with van der Waals surface area (Å²) in [6.07, 6.45) is -5.60. The molecule has 1 heterocycles. The van der Waals surface area contributed by atoms with Crippen LogP contribution >= 0.6 is 0 Å². The number of rotatable bonds is 3. The van der Waals surface area contributed by atoms with Crippen molar-refractivity contribution in [3.8, 4) is 0 Å². The van der Waals surface area contributed by atoms with E-state index in [2.05, 4.69) is 0 Å². The molecule has 1 unspecified atom stereocenters. The monoisotopic (exact) mass is 290 g/mol. The van der Waals surface area contributed by atoms with Gasteiger partial charge in [-0.05, 0) is 6.92 Å². The number of hydrogen-bond acceptors (Lipinski definition) is 8. The Balaban J connectivity index is 3.01. The Morgan fingerprint density at radius 2 is 1.25 bits per heavy atom. The zero-order valence-electron chi connectivity index (χ0n) is 11.7. The zero-order chi connectivity index (χ0) is 15.4. The van der Waals surface area contributed by atoms with Crippen LogP contribution in [-0.4, -0.2) is 53.7 Å². The lowest BCUT2D eigenvalue weighted by Gasteiger charge is -2.41. The number of carbonyl (C=O) groups is 3. The molecule has 1 fully saturated rings. The summed E-state index contributed by atoms with van der Waals surface area (Å²) in [4.78, 5) is 33.3. The van der Waals surface area contributed by atoms with Crippen molar-refractivity contribution >= 4 is 17.9 Å². The smallest absolute Gasteiger partial charge is 0.303 e. The normalized spacial score (nSPS) is 33.1. The molecule has 1 aliphatic rings. The lowest BCUT2D eigenvalue weighted by Crippen LogP contribution is -2.60. The Kier molecular flexibility index (Phi) is 5.46. The molecule has 20 heavy (non-hydrogen) atoms. The second-order valence-corrected chi connectivity index (χ2v) is 4.45. The van der Waals surface area contributed by atoms with Crippen LogP contribution in [-0.2, 0) is 33.3 Å². The summed E-state index contributed by atoms with van der Waals surface area (Å²) in [7, 11) is 0. The molecule has 0 aromatic carbocycles. The summed E-state index contributed by atoms with van der Waals surface area (Å²) in [6, 6.07) is 0. The Morgan fingerprint density at radius 3 is 1.70 bits per heavy atom. The maximum atomic E-state index is 11.2. The molecule has 0 aliphatic carbocycles. The van der Waals surface area contributed by atoms with Gasteiger partial charge >= 0.3 is 17.9 Å². The summed E-state index contributed by atoms with van der Waals surface area (Å²) in [5.74, 6) is -1.96. The van der Waals surface area contributed by atoms with Gasteiger partial charge in [0.05, 0.1) is 6.10 Å². The van der Waals surface area contributed by atoms with Gasteiger partial charge in [0.15, 0.2) is 24.6 Å². The van der Waals surface area contributed by atoms with Crippen molar-refractivity contribution < 1.29 is 38.4 Å². The first-order chi connectivity index (χ1) is 9.22. The fraction of sp³-hybridized carbons (Fsp3) is 0.750. The highest BCUT2D eigenvalue weighted by Gasteiger charge is 2.49. The molecule has 8 heteroatoms. The van der Waals surface area contributed by atoms with E-state index in [0.717, 1.165) is 13.8 Å². The zero-order valence-corrected chi connectivity index (χ0v) is 11.7. The third-order valence-electron chi connectivity index (χ3n) is 2.65. The second kappa shape index (κ2) is 6.67. The van der Waals surface area contributed by atoms with Gasteiger partial charge in [-0.2, -0.15) is 0 Å². The topological polar surface area (TPSA) is 108 Å². The van der Waals surface area contributed by atoms with Gasteiger partial charge in [0, 0.05) is 20.8 Å². The van der Waals surface area contributed by atoms with E-state index in [1.807, 2.05) is 0 Å². The van der Waals surface area contributed by atoms with Crippen LogP contribution in [0.5, 0.6) is 0 Å². The molecule has 114 valence electrons. The fourth-order valence-corrected chi connectivity index (χ4v) is 1.99. The third-order valence-corrected chi connectivity index (χ3v) is 2.65. The van der Waals surface area contributed by atoms with Crippen LogP contribution in [0, 0.1) is 0 Å². The first-order valence-corrected chi connectivity index (χ1v) is 6.07. The van der Waals surface area contributed by atoms with E-state index in [1.165, 1.54) is 13.8 Å². The quantitative estimate of drug-likeness (QED) is 0.548. The van der Waals surface area contributed by atoms with Crippen LogP contribution in [0.2, 0.25) is 0 Å². The molecule has 1 aliphatic heterocycles. The molecule has 0 aromatic heterocycles. The van der Waals surface area contributed by atoms with Crippen LogP contribution in [0.1, 0.15) is 27.7 Å². The van der Waals surface area contributed by atoms with E-state index in [9.17, 15) is 19.5 Å². The van der Waals surface area contributed by atoms with Crippen molar-refractivity contribution in [2.45, 2.75) is 58.4 Å². The molecule has 1 N–H and O–H groups in total. The van der Waals surface area contributed by atoms with E-state index in [0.29, 0.717) is 0 Å². The van der Waals surface area contributed by atoms with Gasteiger partial charge in [0.1, 0.15) is 0 Å². The molecule has 1 saturated heterocycles. The van der Waals surface area contributed by atoms with Gasteiger partial charge in [-0.1, -0.05) is 0 Å². The van der Waals surface area contributed by atoms with Crippen molar-refractivity contribution in [3.63, 3.8) is 0 Å². The van der Waals surface area contributed by atoms with Gasteiger partial charge in [0.25, 0.3) is 0 Å². The van der Waals surface area contributed by atoms with Crippen LogP contribution < -0.4 is 0 Å². The number of aliphatic hydroxyl groups excluding tert-OH is 1. The van der Waals surface area contributed by atoms with Gasteiger partial charge in [-0.15, -0.1) is 0 Å². The van der Waals surface area contributed by atoms with Crippen LogP contribution in [0.3, 0.4) is 0 Å². The average molecular weight is 290 g/mol. The summed E-state index contributed by atoms with van der Waals surface area (Å²) >= 11 is 0.